The van der Waals surface area contributed by atoms with Crippen LogP contribution in [0.3, 0.4) is 0 Å². The first-order chi connectivity index (χ1) is 12.4. The topological polar surface area (TPSA) is 89.5 Å². The van der Waals surface area contributed by atoms with Crippen molar-refractivity contribution in [1.82, 2.24) is 0 Å². The van der Waals surface area contributed by atoms with Gasteiger partial charge in [0.05, 0.1) is 5.92 Å². The van der Waals surface area contributed by atoms with Gasteiger partial charge < -0.3 is 10.1 Å². The Hall–Kier alpha value is -2.50. The van der Waals surface area contributed by atoms with E-state index in [0.29, 0.717) is 29.9 Å². The molecule has 0 radical (unpaired) electrons. The molecule has 0 spiro atoms. The number of hydrogen-bond donors (Lipinski definition) is 1. The summed E-state index contributed by atoms with van der Waals surface area (Å²) in [4.78, 5) is 47.7. The monoisotopic (exact) mass is 357 g/mol. The second-order valence-corrected chi connectivity index (χ2v) is 7.19. The molecule has 26 heavy (non-hydrogen) atoms. The molecule has 1 N–H and O–H groups in total. The van der Waals surface area contributed by atoms with Crippen LogP contribution < -0.4 is 5.32 Å². The summed E-state index contributed by atoms with van der Waals surface area (Å²) in [6, 6.07) is 6.59. The molecular formula is C20H23NO5. The Kier molecular flexibility index (Phi) is 5.49. The zero-order valence-electron chi connectivity index (χ0n) is 14.8. The van der Waals surface area contributed by atoms with E-state index in [9.17, 15) is 19.2 Å². The number of esters is 1. The molecule has 0 aliphatic heterocycles. The van der Waals surface area contributed by atoms with Crippen LogP contribution in [0.1, 0.15) is 49.4 Å². The summed E-state index contributed by atoms with van der Waals surface area (Å²) in [7, 11) is 0. The lowest BCUT2D eigenvalue weighted by molar-refractivity contribution is -0.155. The first kappa shape index (κ1) is 18.3. The lowest BCUT2D eigenvalue weighted by Gasteiger charge is -2.36. The lowest BCUT2D eigenvalue weighted by Crippen LogP contribution is -2.40. The van der Waals surface area contributed by atoms with Crippen molar-refractivity contribution in [3.8, 4) is 0 Å². The standard InChI is InChI=1S/C20H23NO5/c1-12(22)13-4-3-7-17(10-13)21-18(23)11-26-20(25)16-8-14-5-2-6-15(9-16)19(14)24/h3-4,7,10,14-16H,2,5-6,8-9,11H2,1H3,(H,21,23)/t14-,15+,16?. The minimum absolute atomic E-state index is 0.0248. The van der Waals surface area contributed by atoms with Crippen LogP contribution in [0, 0.1) is 17.8 Å². The van der Waals surface area contributed by atoms with E-state index < -0.39 is 11.9 Å². The first-order valence-electron chi connectivity index (χ1n) is 9.05. The zero-order chi connectivity index (χ0) is 18.7. The van der Waals surface area contributed by atoms with Crippen LogP contribution in [0.4, 0.5) is 5.69 Å². The van der Waals surface area contributed by atoms with Gasteiger partial charge in [0.2, 0.25) is 0 Å². The Morgan fingerprint density at radius 3 is 2.50 bits per heavy atom. The molecule has 138 valence electrons. The van der Waals surface area contributed by atoms with Gasteiger partial charge in [-0.05, 0) is 44.7 Å². The SMILES string of the molecule is CC(=O)c1cccc(NC(=O)COC(=O)C2C[C@H]3CCC[C@@H](C2)C3=O)c1. The molecule has 2 aliphatic carbocycles. The van der Waals surface area contributed by atoms with Crippen LogP contribution in [-0.4, -0.2) is 30.0 Å². The van der Waals surface area contributed by atoms with Crippen molar-refractivity contribution in [2.75, 3.05) is 11.9 Å². The molecule has 0 aromatic heterocycles. The maximum Gasteiger partial charge on any atom is 0.309 e. The van der Waals surface area contributed by atoms with Gasteiger partial charge in [-0.1, -0.05) is 18.6 Å². The molecule has 2 saturated carbocycles. The van der Waals surface area contributed by atoms with Crippen molar-refractivity contribution in [1.29, 1.82) is 0 Å². The minimum Gasteiger partial charge on any atom is -0.455 e. The summed E-state index contributed by atoms with van der Waals surface area (Å²) >= 11 is 0. The molecule has 2 fully saturated rings. The highest BCUT2D eigenvalue weighted by molar-refractivity contribution is 5.97. The molecule has 1 amide bonds. The first-order valence-corrected chi connectivity index (χ1v) is 9.05. The Balaban J connectivity index is 1.50. The fourth-order valence-corrected chi connectivity index (χ4v) is 3.94. The largest absolute Gasteiger partial charge is 0.455 e. The summed E-state index contributed by atoms with van der Waals surface area (Å²) in [6.45, 7) is 1.08. The van der Waals surface area contributed by atoms with Crippen molar-refractivity contribution in [3.05, 3.63) is 29.8 Å². The highest BCUT2D eigenvalue weighted by Crippen LogP contribution is 2.40. The number of benzene rings is 1. The molecule has 6 heteroatoms. The molecule has 2 aliphatic rings. The number of amides is 1. The van der Waals surface area contributed by atoms with E-state index >= 15 is 0 Å². The predicted molar refractivity (Wildman–Crippen MR) is 94.6 cm³/mol. The van der Waals surface area contributed by atoms with Gasteiger partial charge in [-0.3, -0.25) is 19.2 Å². The van der Waals surface area contributed by atoms with Gasteiger partial charge in [0.1, 0.15) is 5.78 Å². The Morgan fingerprint density at radius 1 is 1.15 bits per heavy atom. The quantitative estimate of drug-likeness (QED) is 0.646. The summed E-state index contributed by atoms with van der Waals surface area (Å²) in [5.41, 5.74) is 0.981. The molecule has 3 atom stereocenters. The number of nitrogens with one attached hydrogen (secondary N) is 1. The second kappa shape index (κ2) is 7.81. The van der Waals surface area contributed by atoms with Crippen LogP contribution in [0.15, 0.2) is 24.3 Å². The van der Waals surface area contributed by atoms with Crippen LogP contribution in [-0.2, 0) is 19.1 Å². The maximum absolute atomic E-state index is 12.3. The van der Waals surface area contributed by atoms with Crippen molar-refractivity contribution in [2.24, 2.45) is 17.8 Å². The van der Waals surface area contributed by atoms with E-state index in [-0.39, 0.29) is 30.1 Å². The minimum atomic E-state index is -0.453. The van der Waals surface area contributed by atoms with Crippen LogP contribution in [0.25, 0.3) is 0 Å². The smallest absolute Gasteiger partial charge is 0.309 e. The van der Waals surface area contributed by atoms with E-state index in [0.717, 1.165) is 19.3 Å². The van der Waals surface area contributed by atoms with Gasteiger partial charge in [-0.15, -0.1) is 0 Å². The van der Waals surface area contributed by atoms with Crippen molar-refractivity contribution < 1.29 is 23.9 Å². The lowest BCUT2D eigenvalue weighted by atomic mass is 9.67. The molecule has 6 nitrogen and oxygen atoms in total. The van der Waals surface area contributed by atoms with E-state index in [2.05, 4.69) is 5.32 Å². The van der Waals surface area contributed by atoms with Gasteiger partial charge in [0, 0.05) is 23.1 Å². The normalized spacial score (nSPS) is 24.7. The van der Waals surface area contributed by atoms with Gasteiger partial charge in [0.15, 0.2) is 12.4 Å². The van der Waals surface area contributed by atoms with Crippen molar-refractivity contribution in [3.63, 3.8) is 0 Å². The number of carbonyl (C=O) groups is 4. The number of Topliss-reactive ketones (excluding diaryl/α,β-unsaturated/α-hetero) is 2. The summed E-state index contributed by atoms with van der Waals surface area (Å²) in [5, 5.41) is 2.62. The molecule has 2 bridgehead atoms. The summed E-state index contributed by atoms with van der Waals surface area (Å²) in [6.07, 6.45) is 3.83. The highest BCUT2D eigenvalue weighted by Gasteiger charge is 2.41. The second-order valence-electron chi connectivity index (χ2n) is 7.19. The van der Waals surface area contributed by atoms with Gasteiger partial charge in [-0.25, -0.2) is 0 Å². The van der Waals surface area contributed by atoms with E-state index in [1.54, 1.807) is 24.3 Å². The zero-order valence-corrected chi connectivity index (χ0v) is 14.8. The number of carbonyl (C=O) groups excluding carboxylic acids is 4. The van der Waals surface area contributed by atoms with E-state index in [4.69, 9.17) is 4.74 Å². The van der Waals surface area contributed by atoms with Crippen LogP contribution in [0.5, 0.6) is 0 Å². The number of ether oxygens (including phenoxy) is 1. The van der Waals surface area contributed by atoms with Gasteiger partial charge in [-0.2, -0.15) is 0 Å². The Morgan fingerprint density at radius 2 is 1.85 bits per heavy atom. The third kappa shape index (κ3) is 4.18. The highest BCUT2D eigenvalue weighted by atomic mass is 16.5. The third-order valence-corrected chi connectivity index (χ3v) is 5.28. The number of ketones is 2. The Labute approximate surface area is 152 Å². The fourth-order valence-electron chi connectivity index (χ4n) is 3.94. The maximum atomic E-state index is 12.3. The van der Waals surface area contributed by atoms with Crippen molar-refractivity contribution >= 4 is 29.1 Å². The summed E-state index contributed by atoms with van der Waals surface area (Å²) in [5.74, 6) is -0.996. The number of rotatable bonds is 5. The molecule has 1 aromatic rings. The number of anilines is 1. The van der Waals surface area contributed by atoms with Crippen LogP contribution in [0.2, 0.25) is 0 Å². The molecule has 0 saturated heterocycles. The number of hydrogen-bond acceptors (Lipinski definition) is 5. The molecule has 1 unspecified atom stereocenters. The molecule has 1 aromatic carbocycles. The third-order valence-electron chi connectivity index (χ3n) is 5.28. The molecule has 3 rings (SSSR count). The van der Waals surface area contributed by atoms with E-state index in [1.807, 2.05) is 0 Å². The average Bonchev–Trinajstić information content (AvgIpc) is 2.59. The van der Waals surface area contributed by atoms with Crippen molar-refractivity contribution in [2.45, 2.75) is 39.0 Å². The fraction of sp³-hybridized carbons (Fsp3) is 0.500. The van der Waals surface area contributed by atoms with Gasteiger partial charge >= 0.3 is 5.97 Å². The average molecular weight is 357 g/mol. The molecule has 0 heterocycles. The van der Waals surface area contributed by atoms with E-state index in [1.165, 1.54) is 6.92 Å². The Bertz CT molecular complexity index is 725. The van der Waals surface area contributed by atoms with Crippen LogP contribution >= 0.6 is 0 Å². The summed E-state index contributed by atoms with van der Waals surface area (Å²) < 4.78 is 5.16. The molecular weight excluding hydrogens is 334 g/mol. The predicted octanol–water partition coefficient (Wildman–Crippen LogP) is 2.77. The number of fused-ring (bicyclic) bond motifs is 2. The van der Waals surface area contributed by atoms with Gasteiger partial charge in [0.25, 0.3) is 5.91 Å².